The molecule has 0 unspecified atom stereocenters. The third kappa shape index (κ3) is 1.42. The molecule has 0 aromatic heterocycles. The van der Waals surface area contributed by atoms with E-state index in [9.17, 15) is 14.4 Å². The number of amides is 2. The number of nitrogens with zero attached hydrogens (tertiary/aromatic N) is 1. The first-order valence-corrected chi connectivity index (χ1v) is 5.14. The lowest BCUT2D eigenvalue weighted by Gasteiger charge is -2.08. The number of imide groups is 1. The summed E-state index contributed by atoms with van der Waals surface area (Å²) in [4.78, 5) is 35.5. The van der Waals surface area contributed by atoms with Crippen LogP contribution >= 0.6 is 11.6 Å². The van der Waals surface area contributed by atoms with Gasteiger partial charge in [0.1, 0.15) is 0 Å². The Morgan fingerprint density at radius 2 is 1.88 bits per heavy atom. The molecule has 82 valence electrons. The molecule has 1 heterocycles. The molecule has 0 bridgehead atoms. The Morgan fingerprint density at radius 1 is 1.25 bits per heavy atom. The first-order valence-electron chi connectivity index (χ1n) is 4.76. The van der Waals surface area contributed by atoms with E-state index in [4.69, 9.17) is 11.6 Å². The van der Waals surface area contributed by atoms with Crippen molar-refractivity contribution in [2.45, 2.75) is 6.92 Å². The Hall–Kier alpha value is -1.68. The minimum Gasteiger partial charge on any atom is -0.276 e. The topological polar surface area (TPSA) is 54.5 Å². The maximum absolute atomic E-state index is 11.8. The highest BCUT2D eigenvalue weighted by molar-refractivity contribution is 6.67. The van der Waals surface area contributed by atoms with Crippen LogP contribution < -0.4 is 0 Å². The van der Waals surface area contributed by atoms with Crippen molar-refractivity contribution in [3.8, 4) is 0 Å². The average Bonchev–Trinajstić information content (AvgIpc) is 2.51. The zero-order chi connectivity index (χ0) is 11.9. The molecule has 0 aliphatic carbocycles. The Labute approximate surface area is 96.8 Å². The zero-order valence-corrected chi connectivity index (χ0v) is 9.25. The van der Waals surface area contributed by atoms with Gasteiger partial charge in [-0.25, -0.2) is 0 Å². The zero-order valence-electron chi connectivity index (χ0n) is 8.49. The smallest absolute Gasteiger partial charge is 0.261 e. The average molecular weight is 238 g/mol. The van der Waals surface area contributed by atoms with Crippen molar-refractivity contribution in [2.24, 2.45) is 0 Å². The normalized spacial score (nSPS) is 14.2. The van der Waals surface area contributed by atoms with Gasteiger partial charge in [0.2, 0.25) is 0 Å². The van der Waals surface area contributed by atoms with Gasteiger partial charge in [-0.15, -0.1) is 0 Å². The van der Waals surface area contributed by atoms with E-state index in [1.807, 2.05) is 0 Å². The van der Waals surface area contributed by atoms with Crippen LogP contribution in [0.4, 0.5) is 0 Å². The van der Waals surface area contributed by atoms with Gasteiger partial charge in [0.25, 0.3) is 17.1 Å². The molecule has 16 heavy (non-hydrogen) atoms. The Bertz CT molecular complexity index is 510. The molecule has 2 rings (SSSR count). The van der Waals surface area contributed by atoms with Crippen LogP contribution in [0.2, 0.25) is 0 Å². The molecule has 4 nitrogen and oxygen atoms in total. The van der Waals surface area contributed by atoms with Crippen molar-refractivity contribution in [3.05, 3.63) is 34.9 Å². The van der Waals surface area contributed by atoms with Crippen LogP contribution in [0.5, 0.6) is 0 Å². The second kappa shape index (κ2) is 3.72. The highest BCUT2D eigenvalue weighted by atomic mass is 35.5. The second-order valence-electron chi connectivity index (χ2n) is 3.39. The molecule has 1 aromatic carbocycles. The third-order valence-corrected chi connectivity index (χ3v) is 2.73. The molecule has 0 atom stereocenters. The Morgan fingerprint density at radius 3 is 2.44 bits per heavy atom. The summed E-state index contributed by atoms with van der Waals surface area (Å²) in [5, 5.41) is -0.641. The van der Waals surface area contributed by atoms with Gasteiger partial charge in [-0.05, 0) is 36.7 Å². The van der Waals surface area contributed by atoms with E-state index in [2.05, 4.69) is 0 Å². The van der Waals surface area contributed by atoms with Crippen LogP contribution in [0.3, 0.4) is 0 Å². The Kier molecular flexibility index (Phi) is 2.52. The molecule has 1 aromatic rings. The van der Waals surface area contributed by atoms with Crippen LogP contribution in [-0.2, 0) is 0 Å². The van der Waals surface area contributed by atoms with E-state index < -0.39 is 5.24 Å². The van der Waals surface area contributed by atoms with Crippen LogP contribution in [0.15, 0.2) is 18.2 Å². The standard InChI is InChI=1S/C11H8ClNO3/c1-2-13-10(15)7-4-3-6(9(12)14)5-8(7)11(13)16/h3-5H,2H2,1H3. The fraction of sp³-hybridized carbons (Fsp3) is 0.182. The minimum absolute atomic E-state index is 0.222. The summed E-state index contributed by atoms with van der Waals surface area (Å²) < 4.78 is 0. The predicted octanol–water partition coefficient (Wildman–Crippen LogP) is 1.68. The van der Waals surface area contributed by atoms with Gasteiger partial charge in [-0.3, -0.25) is 19.3 Å². The maximum atomic E-state index is 11.8. The molecule has 0 N–H and O–H groups in total. The number of rotatable bonds is 2. The first kappa shape index (κ1) is 10.8. The van der Waals surface area contributed by atoms with Gasteiger partial charge in [0, 0.05) is 12.1 Å². The summed E-state index contributed by atoms with van der Waals surface area (Å²) in [5.41, 5.74) is 0.798. The molecule has 5 heteroatoms. The van der Waals surface area contributed by atoms with Gasteiger partial charge in [-0.2, -0.15) is 0 Å². The summed E-state index contributed by atoms with van der Waals surface area (Å²) in [6, 6.07) is 4.26. The molecule has 0 fully saturated rings. The van der Waals surface area contributed by atoms with E-state index in [0.717, 1.165) is 4.90 Å². The van der Waals surface area contributed by atoms with E-state index in [1.54, 1.807) is 6.92 Å². The molecule has 0 spiro atoms. The van der Waals surface area contributed by atoms with Gasteiger partial charge in [0.15, 0.2) is 0 Å². The van der Waals surface area contributed by atoms with E-state index in [1.165, 1.54) is 18.2 Å². The number of carbonyl (C=O) groups excluding carboxylic acids is 3. The number of hydrogen-bond donors (Lipinski definition) is 0. The van der Waals surface area contributed by atoms with Crippen molar-refractivity contribution in [3.63, 3.8) is 0 Å². The van der Waals surface area contributed by atoms with Crippen molar-refractivity contribution < 1.29 is 14.4 Å². The monoisotopic (exact) mass is 237 g/mol. The van der Waals surface area contributed by atoms with Gasteiger partial charge in [-0.1, -0.05) is 0 Å². The van der Waals surface area contributed by atoms with E-state index in [0.29, 0.717) is 12.1 Å². The number of halogens is 1. The van der Waals surface area contributed by atoms with Gasteiger partial charge >= 0.3 is 0 Å². The molecular weight excluding hydrogens is 230 g/mol. The summed E-state index contributed by atoms with van der Waals surface area (Å²) in [6.45, 7) is 2.03. The van der Waals surface area contributed by atoms with Crippen LogP contribution in [0, 0.1) is 0 Å². The maximum Gasteiger partial charge on any atom is 0.261 e. The van der Waals surface area contributed by atoms with Gasteiger partial charge in [0.05, 0.1) is 11.1 Å². The lowest BCUT2D eigenvalue weighted by atomic mass is 10.1. The van der Waals surface area contributed by atoms with Crippen LogP contribution in [0.25, 0.3) is 0 Å². The number of benzene rings is 1. The van der Waals surface area contributed by atoms with Gasteiger partial charge < -0.3 is 0 Å². The third-order valence-electron chi connectivity index (χ3n) is 2.51. The SMILES string of the molecule is CCN1C(=O)c2ccc(C(=O)Cl)cc2C1=O. The molecular formula is C11H8ClNO3. The van der Waals surface area contributed by atoms with Crippen LogP contribution in [-0.4, -0.2) is 28.5 Å². The van der Waals surface area contributed by atoms with Crippen LogP contribution in [0.1, 0.15) is 38.0 Å². The fourth-order valence-electron chi connectivity index (χ4n) is 1.70. The lowest BCUT2D eigenvalue weighted by Crippen LogP contribution is -2.29. The van der Waals surface area contributed by atoms with E-state index >= 15 is 0 Å². The summed E-state index contributed by atoms with van der Waals surface area (Å²) in [6.07, 6.45) is 0. The molecule has 0 saturated carbocycles. The number of hydrogen-bond acceptors (Lipinski definition) is 3. The molecule has 0 radical (unpaired) electrons. The second-order valence-corrected chi connectivity index (χ2v) is 3.73. The van der Waals surface area contributed by atoms with Crippen molar-refractivity contribution in [1.82, 2.24) is 4.90 Å². The summed E-state index contributed by atoms with van der Waals surface area (Å²) in [5.74, 6) is -0.696. The quantitative estimate of drug-likeness (QED) is 0.581. The van der Waals surface area contributed by atoms with Crippen molar-refractivity contribution in [1.29, 1.82) is 0 Å². The largest absolute Gasteiger partial charge is 0.276 e. The fourth-order valence-corrected chi connectivity index (χ4v) is 1.82. The highest BCUT2D eigenvalue weighted by Crippen LogP contribution is 2.24. The number of carbonyl (C=O) groups is 3. The van der Waals surface area contributed by atoms with Crippen molar-refractivity contribution >= 4 is 28.7 Å². The molecule has 1 aliphatic heterocycles. The molecule has 2 amide bonds. The van der Waals surface area contributed by atoms with E-state index in [-0.39, 0.29) is 22.9 Å². The molecule has 0 saturated heterocycles. The minimum atomic E-state index is -0.641. The summed E-state index contributed by atoms with van der Waals surface area (Å²) >= 11 is 5.31. The number of fused-ring (bicyclic) bond motifs is 1. The predicted molar refractivity (Wildman–Crippen MR) is 57.7 cm³/mol. The molecule has 1 aliphatic rings. The summed E-state index contributed by atoms with van der Waals surface area (Å²) in [7, 11) is 0. The highest BCUT2D eigenvalue weighted by Gasteiger charge is 2.34. The van der Waals surface area contributed by atoms with Crippen molar-refractivity contribution in [2.75, 3.05) is 6.54 Å². The first-order chi connectivity index (χ1) is 7.56. The lowest BCUT2D eigenvalue weighted by molar-refractivity contribution is 0.0663. The Balaban J connectivity index is 2.56.